The number of nitrogens with zero attached hydrogens (tertiary/aromatic N) is 3. The average Bonchev–Trinajstić information content (AvgIpc) is 2.90. The lowest BCUT2D eigenvalue weighted by molar-refractivity contribution is 0.318. The number of nitrogens with two attached hydrogens (primary N) is 1. The van der Waals surface area contributed by atoms with Crippen molar-refractivity contribution in [1.82, 2.24) is 9.55 Å². The molecule has 0 amide bonds. The summed E-state index contributed by atoms with van der Waals surface area (Å²) < 4.78 is 1.99. The summed E-state index contributed by atoms with van der Waals surface area (Å²) in [6.45, 7) is 0. The minimum absolute atomic E-state index is 0.0647. The van der Waals surface area contributed by atoms with E-state index in [1.54, 1.807) is 18.5 Å². The third kappa shape index (κ3) is 2.14. The molecule has 0 fully saturated rings. The maximum Gasteiger partial charge on any atom is 0.172 e. The molecule has 3 rings (SSSR count). The van der Waals surface area contributed by atoms with Crippen LogP contribution < -0.4 is 5.73 Å². The van der Waals surface area contributed by atoms with Gasteiger partial charge in [-0.15, -0.1) is 0 Å². The molecule has 0 atom stereocenters. The van der Waals surface area contributed by atoms with E-state index < -0.39 is 0 Å². The van der Waals surface area contributed by atoms with Crippen molar-refractivity contribution in [2.45, 2.75) is 25.7 Å². The predicted octanol–water partition coefficient (Wildman–Crippen LogP) is 2.50. The number of fused-ring (bicyclic) bond motifs is 1. The lowest BCUT2D eigenvalue weighted by atomic mass is 10.0. The molecule has 5 nitrogen and oxygen atoms in total. The van der Waals surface area contributed by atoms with Crippen molar-refractivity contribution < 1.29 is 5.21 Å². The molecule has 0 bridgehead atoms. The summed E-state index contributed by atoms with van der Waals surface area (Å²) in [4.78, 5) is 4.47. The molecule has 0 radical (unpaired) electrons. The van der Waals surface area contributed by atoms with Crippen LogP contribution in [0, 0.1) is 0 Å². The van der Waals surface area contributed by atoms with Gasteiger partial charge >= 0.3 is 0 Å². The predicted molar refractivity (Wildman–Crippen MR) is 77.7 cm³/mol. The number of rotatable bonds is 2. The second kappa shape index (κ2) is 5.17. The Balaban J connectivity index is 2.19. The highest BCUT2D eigenvalue weighted by atomic mass is 35.5. The van der Waals surface area contributed by atoms with Crippen molar-refractivity contribution in [1.29, 1.82) is 0 Å². The second-order valence-corrected chi connectivity index (χ2v) is 5.30. The molecule has 0 spiro atoms. The first kappa shape index (κ1) is 13.0. The van der Waals surface area contributed by atoms with Gasteiger partial charge in [-0.05, 0) is 43.9 Å². The summed E-state index contributed by atoms with van der Waals surface area (Å²) in [5.74, 6) is 0.0647. The van der Waals surface area contributed by atoms with Gasteiger partial charge in [0.15, 0.2) is 5.84 Å². The molecule has 3 N–H and O–H groups in total. The molecule has 0 unspecified atom stereocenters. The third-order valence-corrected chi connectivity index (χ3v) is 3.87. The van der Waals surface area contributed by atoms with Crippen molar-refractivity contribution in [2.24, 2.45) is 10.9 Å². The van der Waals surface area contributed by atoms with Crippen molar-refractivity contribution in [3.05, 3.63) is 46.5 Å². The first-order valence-electron chi connectivity index (χ1n) is 6.53. The quantitative estimate of drug-likeness (QED) is 0.386. The molecular formula is C14H15ClN4O. The van der Waals surface area contributed by atoms with E-state index in [4.69, 9.17) is 22.5 Å². The van der Waals surface area contributed by atoms with Gasteiger partial charge in [-0.2, -0.15) is 0 Å². The van der Waals surface area contributed by atoms with Gasteiger partial charge in [0.25, 0.3) is 0 Å². The van der Waals surface area contributed by atoms with E-state index in [0.717, 1.165) is 30.6 Å². The Hall–Kier alpha value is -2.01. The van der Waals surface area contributed by atoms with Crippen LogP contribution in [0.5, 0.6) is 0 Å². The van der Waals surface area contributed by atoms with E-state index >= 15 is 0 Å². The maximum absolute atomic E-state index is 8.92. The molecular weight excluding hydrogens is 276 g/mol. The number of aryl methyl sites for hydroxylation is 1. The monoisotopic (exact) mass is 290 g/mol. The van der Waals surface area contributed by atoms with Crippen molar-refractivity contribution in [3.63, 3.8) is 0 Å². The summed E-state index contributed by atoms with van der Waals surface area (Å²) >= 11 is 6.09. The molecule has 0 saturated heterocycles. The van der Waals surface area contributed by atoms with E-state index in [-0.39, 0.29) is 5.84 Å². The number of halogens is 1. The third-order valence-electron chi connectivity index (χ3n) is 3.63. The fourth-order valence-corrected chi connectivity index (χ4v) is 2.82. The van der Waals surface area contributed by atoms with Gasteiger partial charge in [-0.3, -0.25) is 0 Å². The van der Waals surface area contributed by atoms with Gasteiger partial charge in [0.1, 0.15) is 0 Å². The van der Waals surface area contributed by atoms with Crippen LogP contribution in [0.3, 0.4) is 0 Å². The van der Waals surface area contributed by atoms with Crippen LogP contribution in [-0.2, 0) is 12.8 Å². The number of aromatic nitrogens is 2. The van der Waals surface area contributed by atoms with Crippen LogP contribution in [0.2, 0.25) is 5.02 Å². The maximum atomic E-state index is 8.92. The Morgan fingerprint density at radius 1 is 1.35 bits per heavy atom. The molecule has 20 heavy (non-hydrogen) atoms. The number of imidazole rings is 1. The van der Waals surface area contributed by atoms with Crippen LogP contribution in [0.25, 0.3) is 5.69 Å². The minimum atomic E-state index is 0.0647. The van der Waals surface area contributed by atoms with Gasteiger partial charge in [0.2, 0.25) is 0 Å². The van der Waals surface area contributed by atoms with Crippen molar-refractivity contribution >= 4 is 17.4 Å². The molecule has 1 heterocycles. The Labute approximate surface area is 121 Å². The lowest BCUT2D eigenvalue weighted by Crippen LogP contribution is -2.17. The van der Waals surface area contributed by atoms with Crippen LogP contribution in [0.1, 0.15) is 29.8 Å². The summed E-state index contributed by atoms with van der Waals surface area (Å²) in [6.07, 6.45) is 6.10. The molecule has 1 aliphatic rings. The lowest BCUT2D eigenvalue weighted by Gasteiger charge is -2.16. The Bertz CT molecular complexity index is 678. The van der Waals surface area contributed by atoms with Crippen molar-refractivity contribution in [3.8, 4) is 5.69 Å². The Morgan fingerprint density at radius 3 is 2.95 bits per heavy atom. The van der Waals surface area contributed by atoms with Crippen LogP contribution in [0.4, 0.5) is 0 Å². The molecule has 1 aromatic heterocycles. The van der Waals surface area contributed by atoms with E-state index in [1.165, 1.54) is 12.1 Å². The number of hydrogen-bond acceptors (Lipinski definition) is 3. The van der Waals surface area contributed by atoms with Gasteiger partial charge in [-0.1, -0.05) is 16.8 Å². The Kier molecular flexibility index (Phi) is 3.36. The highest BCUT2D eigenvalue weighted by Crippen LogP contribution is 2.26. The summed E-state index contributed by atoms with van der Waals surface area (Å²) in [6, 6.07) is 5.29. The van der Waals surface area contributed by atoms with Crippen LogP contribution >= 0.6 is 11.6 Å². The first-order valence-corrected chi connectivity index (χ1v) is 6.91. The Morgan fingerprint density at radius 2 is 2.15 bits per heavy atom. The fraction of sp³-hybridized carbons (Fsp3) is 0.286. The van der Waals surface area contributed by atoms with Crippen LogP contribution in [-0.4, -0.2) is 20.6 Å². The number of benzene rings is 1. The molecule has 0 aliphatic heterocycles. The zero-order valence-electron chi connectivity index (χ0n) is 10.9. The number of amidine groups is 1. The number of hydrogen-bond donors (Lipinski definition) is 2. The topological polar surface area (TPSA) is 76.4 Å². The van der Waals surface area contributed by atoms with E-state index in [0.29, 0.717) is 10.6 Å². The molecule has 1 aliphatic carbocycles. The highest BCUT2D eigenvalue weighted by molar-refractivity contribution is 6.31. The standard InChI is InChI=1S/C14H15ClN4O/c15-9-5-6-10(14(16)18-20)13(7-9)19-8-17-11-3-1-2-4-12(11)19/h5-8,20H,1-4H2,(H2,16,18). The zero-order valence-corrected chi connectivity index (χ0v) is 11.6. The van der Waals surface area contributed by atoms with Gasteiger partial charge in [0, 0.05) is 16.3 Å². The largest absolute Gasteiger partial charge is 0.409 e. The van der Waals surface area contributed by atoms with E-state index in [9.17, 15) is 0 Å². The normalized spacial score (nSPS) is 15.2. The molecule has 6 heteroatoms. The summed E-state index contributed by atoms with van der Waals surface area (Å²) in [5.41, 5.74) is 9.50. The zero-order chi connectivity index (χ0) is 14.1. The molecule has 104 valence electrons. The SMILES string of the molecule is N/C(=N/O)c1ccc(Cl)cc1-n1cnc2c1CCCC2. The minimum Gasteiger partial charge on any atom is -0.409 e. The van der Waals surface area contributed by atoms with E-state index in [1.807, 2.05) is 10.6 Å². The average molecular weight is 291 g/mol. The first-order chi connectivity index (χ1) is 9.70. The van der Waals surface area contributed by atoms with Gasteiger partial charge < -0.3 is 15.5 Å². The number of oxime groups is 1. The fourth-order valence-electron chi connectivity index (χ4n) is 2.65. The highest BCUT2D eigenvalue weighted by Gasteiger charge is 2.19. The second-order valence-electron chi connectivity index (χ2n) is 4.86. The van der Waals surface area contributed by atoms with Crippen molar-refractivity contribution in [2.75, 3.05) is 0 Å². The van der Waals surface area contributed by atoms with Crippen LogP contribution in [0.15, 0.2) is 29.7 Å². The molecule has 1 aromatic carbocycles. The summed E-state index contributed by atoms with van der Waals surface area (Å²) in [7, 11) is 0. The summed E-state index contributed by atoms with van der Waals surface area (Å²) in [5, 5.41) is 12.6. The van der Waals surface area contributed by atoms with E-state index in [2.05, 4.69) is 10.1 Å². The molecule has 0 saturated carbocycles. The van der Waals surface area contributed by atoms with Gasteiger partial charge in [0.05, 0.1) is 17.7 Å². The molecule has 2 aromatic rings. The van der Waals surface area contributed by atoms with Gasteiger partial charge in [-0.25, -0.2) is 4.98 Å². The smallest absolute Gasteiger partial charge is 0.172 e.